The number of aliphatic imine (C=N–C) groups is 1. The lowest BCUT2D eigenvalue weighted by atomic mass is 10.2. The summed E-state index contributed by atoms with van der Waals surface area (Å²) in [5, 5.41) is 3.04. The Morgan fingerprint density at radius 3 is 2.71 bits per heavy atom. The third-order valence-electron chi connectivity index (χ3n) is 2.66. The molecule has 2 aromatic carbocycles. The van der Waals surface area contributed by atoms with E-state index in [1.54, 1.807) is 7.11 Å². The number of benzene rings is 2. The normalized spacial score (nSPS) is 10.7. The molecule has 112 valence electrons. The van der Waals surface area contributed by atoms with Gasteiger partial charge in [-0.1, -0.05) is 34.1 Å². The Morgan fingerprint density at radius 2 is 2.00 bits per heavy atom. The van der Waals surface area contributed by atoms with E-state index in [0.29, 0.717) is 12.5 Å². The van der Waals surface area contributed by atoms with Crippen molar-refractivity contribution in [2.24, 2.45) is 10.7 Å². The zero-order valence-corrected chi connectivity index (χ0v) is 15.5. The molecule has 0 unspecified atom stereocenters. The summed E-state index contributed by atoms with van der Waals surface area (Å²) < 4.78 is 6.18. The summed E-state index contributed by atoms with van der Waals surface area (Å²) in [4.78, 5) is 4.31. The molecular weight excluding hydrogens is 445 g/mol. The highest BCUT2D eigenvalue weighted by atomic mass is 127. The molecule has 0 atom stereocenters. The zero-order valence-electron chi connectivity index (χ0n) is 11.5. The van der Waals surface area contributed by atoms with Gasteiger partial charge in [0.15, 0.2) is 5.96 Å². The molecule has 0 saturated carbocycles. The fraction of sp³-hybridized carbons (Fsp3) is 0.133. The summed E-state index contributed by atoms with van der Waals surface area (Å²) in [6, 6.07) is 15.5. The van der Waals surface area contributed by atoms with Gasteiger partial charge in [-0.2, -0.15) is 0 Å². The van der Waals surface area contributed by atoms with Gasteiger partial charge < -0.3 is 15.8 Å². The maximum absolute atomic E-state index is 5.87. The molecule has 0 aromatic heterocycles. The minimum absolute atomic E-state index is 0. The van der Waals surface area contributed by atoms with E-state index in [9.17, 15) is 0 Å². The number of hydrogen-bond donors (Lipinski definition) is 2. The van der Waals surface area contributed by atoms with E-state index in [0.717, 1.165) is 21.5 Å². The number of hydrogen-bond acceptors (Lipinski definition) is 2. The van der Waals surface area contributed by atoms with Crippen LogP contribution in [0.25, 0.3) is 0 Å². The first-order valence-electron chi connectivity index (χ1n) is 6.13. The number of methoxy groups -OCH3 is 1. The summed E-state index contributed by atoms with van der Waals surface area (Å²) in [6.07, 6.45) is 0. The first kappa shape index (κ1) is 17.8. The van der Waals surface area contributed by atoms with Crippen LogP contribution < -0.4 is 15.8 Å². The Kier molecular flexibility index (Phi) is 7.52. The predicted octanol–water partition coefficient (Wildman–Crippen LogP) is 4.00. The molecule has 0 radical (unpaired) electrons. The van der Waals surface area contributed by atoms with Crippen LogP contribution in [-0.2, 0) is 6.54 Å². The number of nitrogens with one attached hydrogen (secondary N) is 1. The van der Waals surface area contributed by atoms with Crippen LogP contribution >= 0.6 is 39.9 Å². The van der Waals surface area contributed by atoms with E-state index in [-0.39, 0.29) is 24.0 Å². The van der Waals surface area contributed by atoms with Gasteiger partial charge in [0.2, 0.25) is 0 Å². The molecule has 0 fully saturated rings. The maximum atomic E-state index is 5.87. The predicted molar refractivity (Wildman–Crippen MR) is 102 cm³/mol. The first-order valence-corrected chi connectivity index (χ1v) is 6.92. The van der Waals surface area contributed by atoms with Crippen LogP contribution in [0.3, 0.4) is 0 Å². The van der Waals surface area contributed by atoms with Crippen molar-refractivity contribution in [2.45, 2.75) is 6.54 Å². The SMILES string of the molecule is COc1cccc(NC(N)=NCc2cccc(Br)c2)c1.I. The van der Waals surface area contributed by atoms with Crippen molar-refractivity contribution >= 4 is 51.6 Å². The van der Waals surface area contributed by atoms with Crippen molar-refractivity contribution < 1.29 is 4.74 Å². The molecule has 0 aliphatic heterocycles. The molecule has 3 N–H and O–H groups in total. The van der Waals surface area contributed by atoms with Gasteiger partial charge in [0.1, 0.15) is 5.75 Å². The highest BCUT2D eigenvalue weighted by Crippen LogP contribution is 2.16. The number of rotatable bonds is 4. The number of ether oxygens (including phenoxy) is 1. The average Bonchev–Trinajstić information content (AvgIpc) is 2.45. The van der Waals surface area contributed by atoms with Crippen molar-refractivity contribution in [1.82, 2.24) is 0 Å². The number of nitrogens with two attached hydrogens (primary N) is 1. The maximum Gasteiger partial charge on any atom is 0.193 e. The third kappa shape index (κ3) is 5.92. The van der Waals surface area contributed by atoms with E-state index in [2.05, 4.69) is 26.2 Å². The van der Waals surface area contributed by atoms with Crippen LogP contribution in [0, 0.1) is 0 Å². The highest BCUT2D eigenvalue weighted by Gasteiger charge is 1.98. The lowest BCUT2D eigenvalue weighted by Crippen LogP contribution is -2.22. The molecule has 0 aliphatic carbocycles. The van der Waals surface area contributed by atoms with Gasteiger partial charge in [-0.15, -0.1) is 24.0 Å². The minimum atomic E-state index is 0. The fourth-order valence-electron chi connectivity index (χ4n) is 1.70. The Bertz CT molecular complexity index is 619. The van der Waals surface area contributed by atoms with Crippen LogP contribution in [0.15, 0.2) is 58.0 Å². The summed E-state index contributed by atoms with van der Waals surface area (Å²) in [6.45, 7) is 0.530. The summed E-state index contributed by atoms with van der Waals surface area (Å²) in [5.74, 6) is 1.15. The van der Waals surface area contributed by atoms with Crippen molar-refractivity contribution in [3.8, 4) is 5.75 Å². The van der Waals surface area contributed by atoms with Crippen molar-refractivity contribution in [2.75, 3.05) is 12.4 Å². The largest absolute Gasteiger partial charge is 0.497 e. The topological polar surface area (TPSA) is 59.6 Å². The molecule has 2 aromatic rings. The zero-order chi connectivity index (χ0) is 14.4. The Morgan fingerprint density at radius 1 is 1.24 bits per heavy atom. The number of nitrogens with zero attached hydrogens (tertiary/aromatic N) is 1. The molecule has 4 nitrogen and oxygen atoms in total. The van der Waals surface area contributed by atoms with Crippen LogP contribution in [0.5, 0.6) is 5.75 Å². The van der Waals surface area contributed by atoms with Crippen molar-refractivity contribution in [1.29, 1.82) is 0 Å². The fourth-order valence-corrected chi connectivity index (χ4v) is 2.15. The molecular formula is C15H17BrIN3O. The third-order valence-corrected chi connectivity index (χ3v) is 3.16. The molecule has 0 amide bonds. The van der Waals surface area contributed by atoms with Gasteiger partial charge >= 0.3 is 0 Å². The standard InChI is InChI=1S/C15H16BrN3O.HI/c1-20-14-7-3-6-13(9-14)19-15(17)18-10-11-4-2-5-12(16)8-11;/h2-9H,10H2,1H3,(H3,17,18,19);1H. The second-order valence-electron chi connectivity index (χ2n) is 4.19. The summed E-state index contributed by atoms with van der Waals surface area (Å²) >= 11 is 3.43. The molecule has 2 rings (SSSR count). The Hall–Kier alpha value is -1.28. The quantitative estimate of drug-likeness (QED) is 0.411. The second kappa shape index (κ2) is 8.89. The van der Waals surface area contributed by atoms with Gasteiger partial charge in [-0.25, -0.2) is 4.99 Å². The van der Waals surface area contributed by atoms with E-state index in [1.807, 2.05) is 48.5 Å². The van der Waals surface area contributed by atoms with Gasteiger partial charge in [-0.05, 0) is 29.8 Å². The Balaban J connectivity index is 0.00000220. The molecule has 0 spiro atoms. The number of halogens is 2. The first-order chi connectivity index (χ1) is 9.67. The molecule has 0 aliphatic rings. The Labute approximate surface area is 149 Å². The van der Waals surface area contributed by atoms with E-state index < -0.39 is 0 Å². The van der Waals surface area contributed by atoms with Gasteiger partial charge in [0.25, 0.3) is 0 Å². The van der Waals surface area contributed by atoms with Crippen LogP contribution in [0.1, 0.15) is 5.56 Å². The number of guanidine groups is 1. The van der Waals surface area contributed by atoms with Crippen LogP contribution in [0.2, 0.25) is 0 Å². The van der Waals surface area contributed by atoms with Crippen molar-refractivity contribution in [3.05, 3.63) is 58.6 Å². The van der Waals surface area contributed by atoms with E-state index >= 15 is 0 Å². The summed E-state index contributed by atoms with van der Waals surface area (Å²) in [7, 11) is 1.63. The monoisotopic (exact) mass is 461 g/mol. The lowest BCUT2D eigenvalue weighted by Gasteiger charge is -2.07. The lowest BCUT2D eigenvalue weighted by molar-refractivity contribution is 0.415. The molecule has 6 heteroatoms. The molecule has 0 heterocycles. The van der Waals surface area contributed by atoms with E-state index in [4.69, 9.17) is 10.5 Å². The molecule has 0 saturated heterocycles. The van der Waals surface area contributed by atoms with Gasteiger partial charge in [-0.3, -0.25) is 0 Å². The van der Waals surface area contributed by atoms with Gasteiger partial charge in [0.05, 0.1) is 13.7 Å². The average molecular weight is 462 g/mol. The molecule has 0 bridgehead atoms. The van der Waals surface area contributed by atoms with Crippen molar-refractivity contribution in [3.63, 3.8) is 0 Å². The smallest absolute Gasteiger partial charge is 0.193 e. The molecule has 21 heavy (non-hydrogen) atoms. The number of anilines is 1. The second-order valence-corrected chi connectivity index (χ2v) is 5.10. The highest BCUT2D eigenvalue weighted by molar-refractivity contribution is 14.0. The minimum Gasteiger partial charge on any atom is -0.497 e. The van der Waals surface area contributed by atoms with Gasteiger partial charge in [0, 0.05) is 16.2 Å². The van der Waals surface area contributed by atoms with E-state index in [1.165, 1.54) is 0 Å². The van der Waals surface area contributed by atoms with Crippen LogP contribution in [-0.4, -0.2) is 13.1 Å². The van der Waals surface area contributed by atoms with Crippen LogP contribution in [0.4, 0.5) is 5.69 Å². The summed E-state index contributed by atoms with van der Waals surface area (Å²) in [5.41, 5.74) is 7.81.